The van der Waals surface area contributed by atoms with Gasteiger partial charge in [-0.3, -0.25) is 4.55 Å². The van der Waals surface area contributed by atoms with Crippen molar-refractivity contribution in [3.05, 3.63) is 40.5 Å². The minimum absolute atomic E-state index is 0.0642. The van der Waals surface area contributed by atoms with Crippen LogP contribution in [0.5, 0.6) is 0 Å². The molecule has 0 aliphatic rings. The Bertz CT molecular complexity index is 977. The molecule has 0 aliphatic carbocycles. The van der Waals surface area contributed by atoms with Crippen LogP contribution in [0.25, 0.3) is 0 Å². The van der Waals surface area contributed by atoms with E-state index in [1.807, 2.05) is 0 Å². The second kappa shape index (κ2) is 6.17. The second-order valence-corrected chi connectivity index (χ2v) is 9.78. The van der Waals surface area contributed by atoms with Gasteiger partial charge in [0, 0.05) is 6.42 Å². The Morgan fingerprint density at radius 2 is 1.92 bits per heavy atom. The summed E-state index contributed by atoms with van der Waals surface area (Å²) in [6, 6.07) is 4.28. The monoisotopic (exact) mass is 392 g/mol. The molecule has 2 aromatic rings. The molecule has 1 atom stereocenters. The van der Waals surface area contributed by atoms with E-state index >= 15 is 0 Å². The Balaban J connectivity index is 2.47. The highest BCUT2D eigenvalue weighted by Crippen LogP contribution is 2.32. The molecule has 11 heteroatoms. The Morgan fingerprint density at radius 1 is 1.29 bits per heavy atom. The van der Waals surface area contributed by atoms with E-state index in [0.29, 0.717) is 11.3 Å². The highest BCUT2D eigenvalue weighted by molar-refractivity contribution is 7.91. The number of primary sulfonamides is 1. The molecule has 0 unspecified atom stereocenters. The van der Waals surface area contributed by atoms with Gasteiger partial charge in [0.05, 0.1) is 11.1 Å². The Morgan fingerprint density at radius 3 is 2.42 bits per heavy atom. The van der Waals surface area contributed by atoms with Crippen molar-refractivity contribution in [2.24, 2.45) is 5.14 Å². The minimum atomic E-state index is -4.47. The zero-order valence-corrected chi connectivity index (χ0v) is 15.2. The molecule has 0 fully saturated rings. The van der Waals surface area contributed by atoms with Gasteiger partial charge in [0.2, 0.25) is 10.0 Å². The van der Waals surface area contributed by atoms with Gasteiger partial charge in [-0.25, -0.2) is 18.5 Å². The lowest BCUT2D eigenvalue weighted by atomic mass is 9.96. The first kappa shape index (κ1) is 19.0. The molecule has 24 heavy (non-hydrogen) atoms. The van der Waals surface area contributed by atoms with Gasteiger partial charge < -0.3 is 5.11 Å². The third-order valence-electron chi connectivity index (χ3n) is 3.25. The molecule has 132 valence electrons. The number of aromatic nitrogens is 1. The van der Waals surface area contributed by atoms with Crippen LogP contribution in [-0.2, 0) is 32.2 Å². The first-order valence-electron chi connectivity index (χ1n) is 6.59. The van der Waals surface area contributed by atoms with Gasteiger partial charge in [-0.1, -0.05) is 17.7 Å². The van der Waals surface area contributed by atoms with Crippen molar-refractivity contribution >= 4 is 31.5 Å². The van der Waals surface area contributed by atoms with Gasteiger partial charge >= 0.3 is 0 Å². The normalized spacial score (nSPS) is 15.2. The predicted molar refractivity (Wildman–Crippen MR) is 87.8 cm³/mol. The lowest BCUT2D eigenvalue weighted by molar-refractivity contribution is 0.0566. The zero-order chi connectivity index (χ0) is 18.3. The molecule has 1 heterocycles. The number of sulfonamides is 1. The summed E-state index contributed by atoms with van der Waals surface area (Å²) in [7, 11) is -8.41. The van der Waals surface area contributed by atoms with E-state index in [1.54, 1.807) is 6.92 Å². The van der Waals surface area contributed by atoms with E-state index in [2.05, 4.69) is 4.98 Å². The molecule has 0 aliphatic heterocycles. The molecule has 2 rings (SSSR count). The quantitative estimate of drug-likeness (QED) is 0.637. The van der Waals surface area contributed by atoms with Crippen LogP contribution in [0.1, 0.15) is 23.1 Å². The fourth-order valence-electron chi connectivity index (χ4n) is 2.18. The average molecular weight is 392 g/mol. The molecule has 0 radical (unpaired) electrons. The summed E-state index contributed by atoms with van der Waals surface area (Å²) in [4.78, 5) is 3.54. The van der Waals surface area contributed by atoms with Crippen LogP contribution in [-0.4, -0.2) is 31.5 Å². The van der Waals surface area contributed by atoms with E-state index in [0.717, 1.165) is 11.8 Å². The SMILES string of the molecule is Cc1ccc(S(=O)(=O)O)c(C[C@@](C)(O)c2ncc(S(N)(=O)=O)s2)c1. The van der Waals surface area contributed by atoms with Crippen LogP contribution >= 0.6 is 11.3 Å². The van der Waals surface area contributed by atoms with Crippen LogP contribution < -0.4 is 5.14 Å². The van der Waals surface area contributed by atoms with Crippen molar-refractivity contribution in [1.82, 2.24) is 4.98 Å². The summed E-state index contributed by atoms with van der Waals surface area (Å²) in [6.07, 6.45) is 0.838. The summed E-state index contributed by atoms with van der Waals surface area (Å²) in [5.74, 6) is 0. The number of aryl methyl sites for hydroxylation is 1. The number of hydrogen-bond acceptors (Lipinski definition) is 7. The first-order valence-corrected chi connectivity index (χ1v) is 10.4. The van der Waals surface area contributed by atoms with E-state index < -0.39 is 25.7 Å². The number of benzene rings is 1. The highest BCUT2D eigenvalue weighted by Gasteiger charge is 2.31. The lowest BCUT2D eigenvalue weighted by Gasteiger charge is -2.22. The summed E-state index contributed by atoms with van der Waals surface area (Å²) in [5, 5.41) is 15.7. The topological polar surface area (TPSA) is 148 Å². The van der Waals surface area contributed by atoms with Crippen LogP contribution in [0.4, 0.5) is 0 Å². The fraction of sp³-hybridized carbons (Fsp3) is 0.308. The first-order chi connectivity index (χ1) is 10.8. The fourth-order valence-corrected chi connectivity index (χ4v) is 4.48. The Labute approximate surface area is 143 Å². The molecule has 0 saturated carbocycles. The average Bonchev–Trinajstić information content (AvgIpc) is 2.86. The Kier molecular flexibility index (Phi) is 4.87. The van der Waals surface area contributed by atoms with Gasteiger partial charge in [0.1, 0.15) is 10.6 Å². The van der Waals surface area contributed by atoms with E-state index in [-0.39, 0.29) is 26.1 Å². The maximum atomic E-state index is 11.5. The third kappa shape index (κ3) is 4.18. The summed E-state index contributed by atoms with van der Waals surface area (Å²) in [6.45, 7) is 3.10. The van der Waals surface area contributed by atoms with Crippen molar-refractivity contribution in [3.63, 3.8) is 0 Å². The highest BCUT2D eigenvalue weighted by atomic mass is 32.2. The zero-order valence-electron chi connectivity index (χ0n) is 12.8. The summed E-state index contributed by atoms with van der Waals surface area (Å²) >= 11 is 0.698. The van der Waals surface area contributed by atoms with Crippen molar-refractivity contribution < 1.29 is 26.5 Å². The van der Waals surface area contributed by atoms with Crippen LogP contribution in [0, 0.1) is 6.92 Å². The van der Waals surface area contributed by atoms with Crippen molar-refractivity contribution in [3.8, 4) is 0 Å². The largest absolute Gasteiger partial charge is 0.383 e. The lowest BCUT2D eigenvalue weighted by Crippen LogP contribution is -2.25. The van der Waals surface area contributed by atoms with Gasteiger partial charge in [0.25, 0.3) is 10.1 Å². The molecular weight excluding hydrogens is 376 g/mol. The number of nitrogens with two attached hydrogens (primary N) is 1. The van der Waals surface area contributed by atoms with Gasteiger partial charge in [-0.15, -0.1) is 11.3 Å². The number of aliphatic hydroxyl groups is 1. The maximum Gasteiger partial charge on any atom is 0.294 e. The summed E-state index contributed by atoms with van der Waals surface area (Å²) in [5.41, 5.74) is -0.728. The number of nitrogens with zero attached hydrogens (tertiary/aromatic N) is 1. The van der Waals surface area contributed by atoms with E-state index in [4.69, 9.17) is 5.14 Å². The van der Waals surface area contributed by atoms with Crippen molar-refractivity contribution in [2.75, 3.05) is 0 Å². The maximum absolute atomic E-state index is 11.5. The number of rotatable bonds is 5. The molecular formula is C13H16N2O6S3. The van der Waals surface area contributed by atoms with Gasteiger partial charge in [0.15, 0.2) is 4.21 Å². The van der Waals surface area contributed by atoms with Gasteiger partial charge in [-0.2, -0.15) is 8.42 Å². The smallest absolute Gasteiger partial charge is 0.294 e. The van der Waals surface area contributed by atoms with Crippen LogP contribution in [0.2, 0.25) is 0 Å². The third-order valence-corrected chi connectivity index (χ3v) is 6.87. The molecule has 8 nitrogen and oxygen atoms in total. The molecule has 0 saturated heterocycles. The van der Waals surface area contributed by atoms with Crippen LogP contribution in [0.15, 0.2) is 33.5 Å². The van der Waals surface area contributed by atoms with Crippen molar-refractivity contribution in [1.29, 1.82) is 0 Å². The minimum Gasteiger partial charge on any atom is -0.383 e. The van der Waals surface area contributed by atoms with E-state index in [9.17, 15) is 26.5 Å². The molecule has 1 aromatic heterocycles. The molecule has 0 amide bonds. The van der Waals surface area contributed by atoms with E-state index in [1.165, 1.54) is 25.1 Å². The molecule has 4 N–H and O–H groups in total. The predicted octanol–water partition coefficient (Wildman–Crippen LogP) is 0.796. The van der Waals surface area contributed by atoms with Crippen molar-refractivity contribution in [2.45, 2.75) is 35.0 Å². The standard InChI is InChI=1S/C13H16N2O6S3/c1-8-3-4-10(24(19,20)21)9(5-8)6-13(2,16)12-15-7-11(22-12)23(14,17)18/h3-5,7,16H,6H2,1-2H3,(H2,14,17,18)(H,19,20,21)/t13-/m1/s1. The second-order valence-electron chi connectivity index (χ2n) is 5.57. The number of thiazole rings is 1. The molecule has 0 bridgehead atoms. The summed E-state index contributed by atoms with van der Waals surface area (Å²) < 4.78 is 54.7. The van der Waals surface area contributed by atoms with Gasteiger partial charge in [-0.05, 0) is 25.5 Å². The molecule has 0 spiro atoms. The molecule has 1 aromatic carbocycles. The Hall–Kier alpha value is -1.37. The number of hydrogen-bond donors (Lipinski definition) is 3. The van der Waals surface area contributed by atoms with Crippen LogP contribution in [0.3, 0.4) is 0 Å².